The number of hydrogen-bond acceptors (Lipinski definition) is 2. The second kappa shape index (κ2) is 7.91. The van der Waals surface area contributed by atoms with Crippen LogP contribution in [0.1, 0.15) is 34.1 Å². The van der Waals surface area contributed by atoms with Gasteiger partial charge < -0.3 is 10.6 Å². The first-order chi connectivity index (χ1) is 7.49. The van der Waals surface area contributed by atoms with Crippen LogP contribution in [0, 0.1) is 5.92 Å². The van der Waals surface area contributed by atoms with Crippen molar-refractivity contribution in [2.24, 2.45) is 5.92 Å². The van der Waals surface area contributed by atoms with Crippen LogP contribution in [0.5, 0.6) is 0 Å². The van der Waals surface area contributed by atoms with Gasteiger partial charge in [0.2, 0.25) is 11.8 Å². The number of carbonyl (C=O) groups excluding carboxylic acids is 2. The fraction of sp³-hybridized carbons (Fsp3) is 0.667. The number of carbonyl (C=O) groups is 2. The van der Waals surface area contributed by atoms with Gasteiger partial charge in [-0.2, -0.15) is 0 Å². The number of amides is 2. The van der Waals surface area contributed by atoms with E-state index in [9.17, 15) is 9.59 Å². The molecule has 0 rings (SSSR count). The lowest BCUT2D eigenvalue weighted by Gasteiger charge is -2.20. The number of rotatable bonds is 6. The summed E-state index contributed by atoms with van der Waals surface area (Å²) in [6.45, 7) is 7.78. The predicted molar refractivity (Wildman–Crippen MR) is 64.9 cm³/mol. The summed E-state index contributed by atoms with van der Waals surface area (Å²) in [4.78, 5) is 22.7. The van der Waals surface area contributed by atoms with Gasteiger partial charge in [-0.05, 0) is 19.3 Å². The third-order valence-electron chi connectivity index (χ3n) is 2.15. The summed E-state index contributed by atoms with van der Waals surface area (Å²) >= 11 is 0. The van der Waals surface area contributed by atoms with Crippen LogP contribution in [0.15, 0.2) is 12.2 Å². The van der Waals surface area contributed by atoms with E-state index in [4.69, 9.17) is 0 Å². The zero-order chi connectivity index (χ0) is 12.6. The molecule has 4 heteroatoms. The highest BCUT2D eigenvalue weighted by Crippen LogP contribution is 2.01. The fourth-order valence-corrected chi connectivity index (χ4v) is 1.31. The Balaban J connectivity index is 4.12. The predicted octanol–water partition coefficient (Wildman–Crippen LogP) is 1.23. The van der Waals surface area contributed by atoms with Gasteiger partial charge >= 0.3 is 0 Å². The Morgan fingerprint density at radius 3 is 2.38 bits per heavy atom. The first-order valence-electron chi connectivity index (χ1n) is 5.65. The highest BCUT2D eigenvalue weighted by molar-refractivity contribution is 5.86. The molecule has 0 bridgehead atoms. The Kier molecular flexibility index (Phi) is 7.25. The standard InChI is InChI=1S/C12H22N2O2/c1-5-6-7-8-13-12(16)11(9(2)3)14-10(4)15/h5-6,9,11H,7-8H2,1-4H3,(H,13,16)(H,14,15)/b6-5+. The molecule has 0 heterocycles. The van der Waals surface area contributed by atoms with Gasteiger partial charge in [-0.15, -0.1) is 0 Å². The molecule has 2 N–H and O–H groups in total. The van der Waals surface area contributed by atoms with Crippen molar-refractivity contribution < 1.29 is 9.59 Å². The van der Waals surface area contributed by atoms with Crippen LogP contribution in [0.4, 0.5) is 0 Å². The highest BCUT2D eigenvalue weighted by Gasteiger charge is 2.22. The molecule has 0 aliphatic heterocycles. The van der Waals surface area contributed by atoms with Crippen LogP contribution in [0.2, 0.25) is 0 Å². The highest BCUT2D eigenvalue weighted by atomic mass is 16.2. The lowest BCUT2D eigenvalue weighted by Crippen LogP contribution is -2.49. The van der Waals surface area contributed by atoms with Gasteiger partial charge in [0.1, 0.15) is 6.04 Å². The second-order valence-electron chi connectivity index (χ2n) is 4.07. The minimum atomic E-state index is -0.442. The first kappa shape index (κ1) is 14.7. The third-order valence-corrected chi connectivity index (χ3v) is 2.15. The minimum absolute atomic E-state index is 0.0885. The van der Waals surface area contributed by atoms with Gasteiger partial charge in [-0.25, -0.2) is 0 Å². The molecular weight excluding hydrogens is 204 g/mol. The Hall–Kier alpha value is -1.32. The van der Waals surface area contributed by atoms with Crippen LogP contribution in [-0.4, -0.2) is 24.4 Å². The first-order valence-corrected chi connectivity index (χ1v) is 5.65. The molecule has 2 amide bonds. The average Bonchev–Trinajstić information content (AvgIpc) is 2.20. The molecule has 0 aromatic heterocycles. The fourth-order valence-electron chi connectivity index (χ4n) is 1.31. The summed E-state index contributed by atoms with van der Waals surface area (Å²) in [5.74, 6) is -0.206. The topological polar surface area (TPSA) is 58.2 Å². The van der Waals surface area contributed by atoms with Crippen LogP contribution < -0.4 is 10.6 Å². The minimum Gasteiger partial charge on any atom is -0.354 e. The molecule has 4 nitrogen and oxygen atoms in total. The molecule has 0 aliphatic carbocycles. The summed E-state index contributed by atoms with van der Waals surface area (Å²) in [6, 6.07) is -0.442. The zero-order valence-electron chi connectivity index (χ0n) is 10.5. The molecule has 0 aliphatic rings. The van der Waals surface area contributed by atoms with Gasteiger partial charge in [0.25, 0.3) is 0 Å². The smallest absolute Gasteiger partial charge is 0.242 e. The van der Waals surface area contributed by atoms with Gasteiger partial charge in [-0.1, -0.05) is 26.0 Å². The molecule has 0 aromatic carbocycles. The molecule has 0 fully saturated rings. The number of allylic oxidation sites excluding steroid dienone is 1. The summed E-state index contributed by atoms with van der Waals surface area (Å²) in [5.41, 5.74) is 0. The van der Waals surface area contributed by atoms with Crippen molar-refractivity contribution in [2.45, 2.75) is 40.2 Å². The van der Waals surface area contributed by atoms with Crippen molar-refractivity contribution in [3.05, 3.63) is 12.2 Å². The Bertz CT molecular complexity index is 260. The van der Waals surface area contributed by atoms with Crippen molar-refractivity contribution in [1.82, 2.24) is 10.6 Å². The van der Waals surface area contributed by atoms with Crippen LogP contribution in [0.25, 0.3) is 0 Å². The summed E-state index contributed by atoms with van der Waals surface area (Å²) in [6.07, 6.45) is 4.75. The molecule has 0 radical (unpaired) electrons. The van der Waals surface area contributed by atoms with Gasteiger partial charge in [-0.3, -0.25) is 9.59 Å². The van der Waals surface area contributed by atoms with Crippen LogP contribution in [-0.2, 0) is 9.59 Å². The maximum absolute atomic E-state index is 11.7. The molecule has 16 heavy (non-hydrogen) atoms. The van der Waals surface area contributed by atoms with Crippen molar-refractivity contribution in [1.29, 1.82) is 0 Å². The van der Waals surface area contributed by atoms with Gasteiger partial charge in [0.05, 0.1) is 0 Å². The maximum Gasteiger partial charge on any atom is 0.242 e. The normalized spacial score (nSPS) is 12.8. The average molecular weight is 226 g/mol. The van der Waals surface area contributed by atoms with E-state index < -0.39 is 6.04 Å². The lowest BCUT2D eigenvalue weighted by molar-refractivity contribution is -0.129. The van der Waals surface area contributed by atoms with Crippen LogP contribution in [0.3, 0.4) is 0 Å². The summed E-state index contributed by atoms with van der Waals surface area (Å²) in [7, 11) is 0. The third kappa shape index (κ3) is 6.22. The van der Waals surface area contributed by atoms with Crippen molar-refractivity contribution in [2.75, 3.05) is 6.54 Å². The van der Waals surface area contributed by atoms with Crippen molar-refractivity contribution in [3.8, 4) is 0 Å². The molecule has 1 atom stereocenters. The van der Waals surface area contributed by atoms with Crippen LogP contribution >= 0.6 is 0 Å². The molecule has 0 saturated carbocycles. The summed E-state index contributed by atoms with van der Waals surface area (Å²) < 4.78 is 0. The van der Waals surface area contributed by atoms with E-state index in [1.165, 1.54) is 6.92 Å². The van der Waals surface area contributed by atoms with E-state index in [0.717, 1.165) is 6.42 Å². The van der Waals surface area contributed by atoms with E-state index in [-0.39, 0.29) is 17.7 Å². The van der Waals surface area contributed by atoms with Crippen molar-refractivity contribution >= 4 is 11.8 Å². The summed E-state index contributed by atoms with van der Waals surface area (Å²) in [5, 5.41) is 5.45. The largest absolute Gasteiger partial charge is 0.354 e. The molecule has 0 aromatic rings. The van der Waals surface area contributed by atoms with E-state index >= 15 is 0 Å². The van der Waals surface area contributed by atoms with E-state index in [2.05, 4.69) is 10.6 Å². The maximum atomic E-state index is 11.7. The van der Waals surface area contributed by atoms with Gasteiger partial charge in [0, 0.05) is 13.5 Å². The SMILES string of the molecule is C/C=C/CCNC(=O)C(NC(C)=O)C(C)C. The number of nitrogens with one attached hydrogen (secondary N) is 2. The van der Waals surface area contributed by atoms with E-state index in [1.54, 1.807) is 0 Å². The molecule has 0 spiro atoms. The Morgan fingerprint density at radius 2 is 1.94 bits per heavy atom. The second-order valence-corrected chi connectivity index (χ2v) is 4.07. The van der Waals surface area contributed by atoms with Gasteiger partial charge in [0.15, 0.2) is 0 Å². The Morgan fingerprint density at radius 1 is 1.31 bits per heavy atom. The molecular formula is C12H22N2O2. The quantitative estimate of drug-likeness (QED) is 0.528. The monoisotopic (exact) mass is 226 g/mol. The van der Waals surface area contributed by atoms with E-state index in [0.29, 0.717) is 6.54 Å². The molecule has 1 unspecified atom stereocenters. The molecule has 92 valence electrons. The zero-order valence-corrected chi connectivity index (χ0v) is 10.5. The Labute approximate surface area is 97.5 Å². The molecule has 0 saturated heterocycles. The van der Waals surface area contributed by atoms with Crippen molar-refractivity contribution in [3.63, 3.8) is 0 Å². The number of hydrogen-bond donors (Lipinski definition) is 2. The lowest BCUT2D eigenvalue weighted by atomic mass is 10.0. The van der Waals surface area contributed by atoms with E-state index in [1.807, 2.05) is 32.9 Å².